The summed E-state index contributed by atoms with van der Waals surface area (Å²) in [6.07, 6.45) is 0.963. The molecule has 0 radical (unpaired) electrons. The second-order valence-corrected chi connectivity index (χ2v) is 4.81. The number of aromatic nitrogens is 2. The minimum Gasteiger partial charge on any atom is -0.473 e. The Morgan fingerprint density at radius 2 is 2.16 bits per heavy atom. The van der Waals surface area contributed by atoms with Gasteiger partial charge in [0.05, 0.1) is 11.7 Å². The third-order valence-electron chi connectivity index (χ3n) is 2.72. The van der Waals surface area contributed by atoms with Gasteiger partial charge >= 0.3 is 0 Å². The van der Waals surface area contributed by atoms with Crippen molar-refractivity contribution in [2.24, 2.45) is 0 Å². The molecule has 1 aromatic carbocycles. The summed E-state index contributed by atoms with van der Waals surface area (Å²) in [5.74, 6) is 0.458. The van der Waals surface area contributed by atoms with Crippen molar-refractivity contribution in [2.45, 2.75) is 19.1 Å². The number of nitrogens with zero attached hydrogens (tertiary/aromatic N) is 2. The van der Waals surface area contributed by atoms with E-state index in [-0.39, 0.29) is 12.6 Å². The maximum atomic E-state index is 9.81. The van der Waals surface area contributed by atoms with Crippen LogP contribution in [0, 0.1) is 0 Å². The first-order valence-corrected chi connectivity index (χ1v) is 6.85. The van der Waals surface area contributed by atoms with Crippen LogP contribution in [-0.2, 0) is 0 Å². The summed E-state index contributed by atoms with van der Waals surface area (Å²) in [5, 5.41) is 13.1. The van der Waals surface area contributed by atoms with Gasteiger partial charge in [0.25, 0.3) is 0 Å². The molecule has 1 aromatic heterocycles. The minimum atomic E-state index is -0.576. The highest BCUT2D eigenvalue weighted by Crippen LogP contribution is 2.11. The van der Waals surface area contributed by atoms with Crippen molar-refractivity contribution in [2.75, 3.05) is 13.2 Å². The van der Waals surface area contributed by atoms with Crippen LogP contribution in [0.5, 0.6) is 5.88 Å². The van der Waals surface area contributed by atoms with E-state index in [4.69, 9.17) is 4.74 Å². The summed E-state index contributed by atoms with van der Waals surface area (Å²) in [7, 11) is 0. The summed E-state index contributed by atoms with van der Waals surface area (Å²) in [5.41, 5.74) is 1.19. The highest BCUT2D eigenvalue weighted by atomic mass is 32.1. The van der Waals surface area contributed by atoms with Crippen molar-refractivity contribution in [3.8, 4) is 5.88 Å². The van der Waals surface area contributed by atoms with Gasteiger partial charge in [-0.05, 0) is 12.5 Å². The van der Waals surface area contributed by atoms with Crippen molar-refractivity contribution in [1.29, 1.82) is 0 Å². The molecule has 0 spiro atoms. The smallest absolute Gasteiger partial charge is 0.245 e. The maximum absolute atomic E-state index is 9.81. The number of aliphatic hydroxyl groups excluding tert-OH is 1. The maximum Gasteiger partial charge on any atom is 0.245 e. The average Bonchev–Trinajstić information content (AvgIpc) is 2.96. The second kappa shape index (κ2) is 7.18. The lowest BCUT2D eigenvalue weighted by Crippen LogP contribution is -2.33. The average molecular weight is 279 g/mol. The molecule has 0 aliphatic rings. The number of ether oxygens (including phenoxy) is 1. The normalized spacial score (nSPS) is 14.0. The molecule has 2 aromatic rings. The first kappa shape index (κ1) is 13.9. The van der Waals surface area contributed by atoms with Crippen LogP contribution >= 0.6 is 11.7 Å². The molecule has 0 bridgehead atoms. The molecule has 2 atom stereocenters. The van der Waals surface area contributed by atoms with Gasteiger partial charge in [-0.2, -0.15) is 4.37 Å². The van der Waals surface area contributed by atoms with Gasteiger partial charge in [-0.1, -0.05) is 30.3 Å². The van der Waals surface area contributed by atoms with E-state index in [1.807, 2.05) is 18.2 Å². The Balaban J connectivity index is 1.70. The molecule has 0 saturated heterocycles. The van der Waals surface area contributed by atoms with Crippen molar-refractivity contribution in [3.05, 3.63) is 42.1 Å². The predicted octanol–water partition coefficient (Wildman–Crippen LogP) is 1.63. The summed E-state index contributed by atoms with van der Waals surface area (Å²) >= 11 is 1.08. The molecule has 2 rings (SSSR count). The zero-order chi connectivity index (χ0) is 13.5. The first-order valence-electron chi connectivity index (χ1n) is 6.12. The lowest BCUT2D eigenvalue weighted by Gasteiger charge is -2.17. The monoisotopic (exact) mass is 279 g/mol. The quantitative estimate of drug-likeness (QED) is 0.806. The Hall–Kier alpha value is -1.50. The Kier molecular flexibility index (Phi) is 5.26. The largest absolute Gasteiger partial charge is 0.473 e. The Morgan fingerprint density at radius 1 is 1.37 bits per heavy atom. The van der Waals surface area contributed by atoms with E-state index in [9.17, 15) is 5.11 Å². The zero-order valence-corrected chi connectivity index (χ0v) is 11.5. The molecule has 102 valence electrons. The Labute approximate surface area is 116 Å². The minimum absolute atomic E-state index is 0.191. The molecule has 1 unspecified atom stereocenters. The third-order valence-corrected chi connectivity index (χ3v) is 3.19. The van der Waals surface area contributed by atoms with Crippen LogP contribution in [0.2, 0.25) is 0 Å². The van der Waals surface area contributed by atoms with Crippen LogP contribution in [0.3, 0.4) is 0 Å². The highest BCUT2D eigenvalue weighted by molar-refractivity contribution is 6.99. The molecule has 19 heavy (non-hydrogen) atoms. The number of aliphatic hydroxyl groups is 1. The van der Waals surface area contributed by atoms with Gasteiger partial charge in [0.1, 0.15) is 18.9 Å². The SMILES string of the molecule is C[C@H](NCC(O)COc1cnsn1)c1ccccc1. The van der Waals surface area contributed by atoms with Crippen molar-refractivity contribution < 1.29 is 9.84 Å². The van der Waals surface area contributed by atoms with Crippen molar-refractivity contribution >= 4 is 11.7 Å². The standard InChI is InChI=1S/C13H17N3O2S/c1-10(11-5-3-2-4-6-11)14-7-12(17)9-18-13-8-15-19-16-13/h2-6,8,10,12,14,17H,7,9H2,1H3/t10-,12?/m0/s1. The lowest BCUT2D eigenvalue weighted by atomic mass is 10.1. The van der Waals surface area contributed by atoms with Crippen LogP contribution in [0.4, 0.5) is 0 Å². The molecular formula is C13H17N3O2S. The Morgan fingerprint density at radius 3 is 2.84 bits per heavy atom. The fourth-order valence-electron chi connectivity index (χ4n) is 1.63. The van der Waals surface area contributed by atoms with E-state index in [0.717, 1.165) is 11.7 Å². The molecule has 0 fully saturated rings. The summed E-state index contributed by atoms with van der Waals surface area (Å²) in [6.45, 7) is 2.74. The van der Waals surface area contributed by atoms with Crippen LogP contribution in [0.25, 0.3) is 0 Å². The highest BCUT2D eigenvalue weighted by Gasteiger charge is 2.09. The summed E-state index contributed by atoms with van der Waals surface area (Å²) < 4.78 is 13.0. The van der Waals surface area contributed by atoms with Crippen LogP contribution in [0.15, 0.2) is 36.5 Å². The molecule has 6 heteroatoms. The molecule has 0 saturated carbocycles. The fourth-order valence-corrected chi connectivity index (χ4v) is 2.00. The van der Waals surface area contributed by atoms with Gasteiger partial charge in [-0.15, -0.1) is 4.37 Å². The molecule has 2 N–H and O–H groups in total. The summed E-state index contributed by atoms with van der Waals surface area (Å²) in [4.78, 5) is 0. The summed E-state index contributed by atoms with van der Waals surface area (Å²) in [6, 6.07) is 10.3. The van der Waals surface area contributed by atoms with Crippen LogP contribution in [-0.4, -0.2) is 33.1 Å². The zero-order valence-electron chi connectivity index (χ0n) is 10.7. The topological polar surface area (TPSA) is 67.3 Å². The number of nitrogens with one attached hydrogen (secondary N) is 1. The third kappa shape index (κ3) is 4.59. The van der Waals surface area contributed by atoms with Gasteiger partial charge in [-0.25, -0.2) is 0 Å². The van der Waals surface area contributed by atoms with Gasteiger partial charge in [-0.3, -0.25) is 0 Å². The molecule has 0 aliphatic carbocycles. The van der Waals surface area contributed by atoms with Gasteiger partial charge in [0.2, 0.25) is 5.88 Å². The van der Waals surface area contributed by atoms with E-state index >= 15 is 0 Å². The van der Waals surface area contributed by atoms with E-state index in [1.54, 1.807) is 0 Å². The molecule has 1 heterocycles. The van der Waals surface area contributed by atoms with E-state index in [1.165, 1.54) is 11.8 Å². The molecule has 0 aliphatic heterocycles. The van der Waals surface area contributed by atoms with E-state index in [0.29, 0.717) is 12.4 Å². The number of benzene rings is 1. The molecular weight excluding hydrogens is 262 g/mol. The van der Waals surface area contributed by atoms with Crippen LogP contribution in [0.1, 0.15) is 18.5 Å². The fraction of sp³-hybridized carbons (Fsp3) is 0.385. The molecule has 0 amide bonds. The van der Waals surface area contributed by atoms with Crippen molar-refractivity contribution in [1.82, 2.24) is 14.1 Å². The van der Waals surface area contributed by atoms with Gasteiger partial charge < -0.3 is 15.2 Å². The van der Waals surface area contributed by atoms with Crippen molar-refractivity contribution in [3.63, 3.8) is 0 Å². The number of rotatable bonds is 7. The molecule has 5 nitrogen and oxygen atoms in total. The first-order chi connectivity index (χ1) is 9.25. The van der Waals surface area contributed by atoms with Gasteiger partial charge in [0.15, 0.2) is 0 Å². The van der Waals surface area contributed by atoms with E-state index < -0.39 is 6.10 Å². The lowest BCUT2D eigenvalue weighted by molar-refractivity contribution is 0.102. The number of hydrogen-bond acceptors (Lipinski definition) is 6. The van der Waals surface area contributed by atoms with Gasteiger partial charge in [0, 0.05) is 12.6 Å². The second-order valence-electron chi connectivity index (χ2n) is 4.25. The predicted molar refractivity (Wildman–Crippen MR) is 74.3 cm³/mol. The van der Waals surface area contributed by atoms with Crippen LogP contribution < -0.4 is 10.1 Å². The Bertz CT molecular complexity index is 464. The van der Waals surface area contributed by atoms with E-state index in [2.05, 4.69) is 33.1 Å². The number of hydrogen-bond donors (Lipinski definition) is 2.